The number of anilines is 2. The molecule has 1 aliphatic rings. The zero-order chi connectivity index (χ0) is 14.7. The van der Waals surface area contributed by atoms with E-state index < -0.39 is 0 Å². The number of nitrogens with zero attached hydrogens (tertiary/aromatic N) is 4. The van der Waals surface area contributed by atoms with Crippen LogP contribution < -0.4 is 10.6 Å². The fourth-order valence-electron chi connectivity index (χ4n) is 2.51. The third-order valence-corrected chi connectivity index (χ3v) is 3.71. The topological polar surface area (TPSA) is 58.3 Å². The first-order chi connectivity index (χ1) is 10.2. The lowest BCUT2D eigenvalue weighted by Gasteiger charge is -2.34. The Kier molecular flexibility index (Phi) is 3.96. The summed E-state index contributed by atoms with van der Waals surface area (Å²) in [5.74, 6) is 0.526. The maximum absolute atomic E-state index is 13.3. The lowest BCUT2D eigenvalue weighted by Crippen LogP contribution is -2.46. The van der Waals surface area contributed by atoms with Gasteiger partial charge in [-0.15, -0.1) is 0 Å². The van der Waals surface area contributed by atoms with E-state index in [-0.39, 0.29) is 5.82 Å². The second kappa shape index (κ2) is 6.05. The fourth-order valence-corrected chi connectivity index (χ4v) is 2.51. The molecule has 1 aliphatic heterocycles. The average Bonchev–Trinajstić information content (AvgIpc) is 2.53. The van der Waals surface area contributed by atoms with Crippen molar-refractivity contribution in [2.24, 2.45) is 0 Å². The van der Waals surface area contributed by atoms with Crippen molar-refractivity contribution in [1.29, 1.82) is 0 Å². The van der Waals surface area contributed by atoms with Crippen LogP contribution in [-0.2, 0) is 6.54 Å². The quantitative estimate of drug-likeness (QED) is 0.867. The fraction of sp³-hybridized carbons (Fsp3) is 0.333. The number of hydrogen-bond donors (Lipinski definition) is 1. The number of benzene rings is 1. The van der Waals surface area contributed by atoms with E-state index in [0.29, 0.717) is 12.2 Å². The van der Waals surface area contributed by atoms with Gasteiger partial charge in [-0.05, 0) is 29.8 Å². The minimum atomic E-state index is -0.240. The summed E-state index contributed by atoms with van der Waals surface area (Å²) in [5.41, 5.74) is 7.39. The Morgan fingerprint density at radius 1 is 1.10 bits per heavy atom. The minimum absolute atomic E-state index is 0.240. The van der Waals surface area contributed by atoms with E-state index in [9.17, 15) is 4.39 Å². The third-order valence-electron chi connectivity index (χ3n) is 3.71. The van der Waals surface area contributed by atoms with Gasteiger partial charge in [0.1, 0.15) is 5.82 Å². The van der Waals surface area contributed by atoms with Gasteiger partial charge in [0.05, 0.1) is 0 Å². The van der Waals surface area contributed by atoms with Crippen molar-refractivity contribution in [3.8, 4) is 0 Å². The van der Waals surface area contributed by atoms with Crippen LogP contribution >= 0.6 is 0 Å². The van der Waals surface area contributed by atoms with Gasteiger partial charge in [-0.3, -0.25) is 4.90 Å². The van der Waals surface area contributed by atoms with Gasteiger partial charge in [0, 0.05) is 50.8 Å². The van der Waals surface area contributed by atoms with E-state index in [1.165, 1.54) is 12.1 Å². The first kappa shape index (κ1) is 13.8. The zero-order valence-electron chi connectivity index (χ0n) is 11.7. The predicted molar refractivity (Wildman–Crippen MR) is 80.3 cm³/mol. The van der Waals surface area contributed by atoms with Crippen LogP contribution in [0.5, 0.6) is 0 Å². The van der Waals surface area contributed by atoms with Gasteiger partial charge in [-0.1, -0.05) is 0 Å². The second-order valence-electron chi connectivity index (χ2n) is 5.16. The smallest absolute Gasteiger partial charge is 0.225 e. The Hall–Kier alpha value is -2.21. The molecule has 0 spiro atoms. The molecular weight excluding hydrogens is 269 g/mol. The zero-order valence-corrected chi connectivity index (χ0v) is 11.7. The van der Waals surface area contributed by atoms with E-state index in [4.69, 9.17) is 5.73 Å². The van der Waals surface area contributed by atoms with Crippen molar-refractivity contribution >= 4 is 11.6 Å². The summed E-state index contributed by atoms with van der Waals surface area (Å²) in [5, 5.41) is 0. The van der Waals surface area contributed by atoms with Gasteiger partial charge in [0.15, 0.2) is 0 Å². The molecule has 21 heavy (non-hydrogen) atoms. The molecule has 1 aromatic carbocycles. The number of rotatable bonds is 3. The van der Waals surface area contributed by atoms with E-state index in [1.807, 2.05) is 6.07 Å². The predicted octanol–water partition coefficient (Wildman–Crippen LogP) is 1.52. The Bertz CT molecular complexity index is 596. The molecule has 1 saturated heterocycles. The van der Waals surface area contributed by atoms with Crippen molar-refractivity contribution in [3.63, 3.8) is 0 Å². The first-order valence-corrected chi connectivity index (χ1v) is 7.00. The van der Waals surface area contributed by atoms with Crippen LogP contribution in [0.3, 0.4) is 0 Å². The Morgan fingerprint density at radius 3 is 2.52 bits per heavy atom. The molecule has 2 aromatic rings. The van der Waals surface area contributed by atoms with E-state index >= 15 is 0 Å². The van der Waals surface area contributed by atoms with Crippen LogP contribution in [0.1, 0.15) is 5.56 Å². The number of hydrogen-bond acceptors (Lipinski definition) is 5. The number of nitrogens with two attached hydrogens (primary N) is 1. The molecule has 3 rings (SSSR count). The molecule has 2 N–H and O–H groups in total. The molecule has 0 radical (unpaired) electrons. The number of piperazine rings is 1. The molecule has 0 saturated carbocycles. The summed E-state index contributed by atoms with van der Waals surface area (Å²) in [6.07, 6.45) is 3.50. The lowest BCUT2D eigenvalue weighted by molar-refractivity contribution is 0.249. The minimum Gasteiger partial charge on any atom is -0.398 e. The van der Waals surface area contributed by atoms with Crippen molar-refractivity contribution in [3.05, 3.63) is 48.0 Å². The van der Waals surface area contributed by atoms with Crippen molar-refractivity contribution < 1.29 is 4.39 Å². The summed E-state index contributed by atoms with van der Waals surface area (Å²) in [7, 11) is 0. The monoisotopic (exact) mass is 287 g/mol. The first-order valence-electron chi connectivity index (χ1n) is 7.00. The largest absolute Gasteiger partial charge is 0.398 e. The van der Waals surface area contributed by atoms with Crippen LogP contribution in [0.4, 0.5) is 16.0 Å². The van der Waals surface area contributed by atoms with Gasteiger partial charge >= 0.3 is 0 Å². The molecule has 0 unspecified atom stereocenters. The van der Waals surface area contributed by atoms with Gasteiger partial charge in [0.25, 0.3) is 0 Å². The molecule has 0 amide bonds. The summed E-state index contributed by atoms with van der Waals surface area (Å²) < 4.78 is 13.3. The van der Waals surface area contributed by atoms with E-state index in [2.05, 4.69) is 19.8 Å². The Balaban J connectivity index is 1.60. The maximum Gasteiger partial charge on any atom is 0.225 e. The molecule has 0 bridgehead atoms. The highest BCUT2D eigenvalue weighted by molar-refractivity contribution is 5.46. The number of halogens is 1. The van der Waals surface area contributed by atoms with Crippen LogP contribution in [-0.4, -0.2) is 41.0 Å². The molecule has 5 nitrogen and oxygen atoms in total. The van der Waals surface area contributed by atoms with Crippen molar-refractivity contribution in [2.75, 3.05) is 36.8 Å². The van der Waals surface area contributed by atoms with Gasteiger partial charge in [-0.25, -0.2) is 14.4 Å². The second-order valence-corrected chi connectivity index (χ2v) is 5.16. The molecule has 0 aliphatic carbocycles. The maximum atomic E-state index is 13.3. The Labute approximate surface area is 123 Å². The van der Waals surface area contributed by atoms with Crippen LogP contribution in [0.25, 0.3) is 0 Å². The summed E-state index contributed by atoms with van der Waals surface area (Å²) >= 11 is 0. The highest BCUT2D eigenvalue weighted by Crippen LogP contribution is 2.17. The third kappa shape index (κ3) is 3.28. The van der Waals surface area contributed by atoms with Crippen molar-refractivity contribution in [1.82, 2.24) is 14.9 Å². The van der Waals surface area contributed by atoms with Gasteiger partial charge in [-0.2, -0.15) is 0 Å². The normalized spacial score (nSPS) is 16.1. The summed E-state index contributed by atoms with van der Waals surface area (Å²) in [4.78, 5) is 13.0. The lowest BCUT2D eigenvalue weighted by atomic mass is 10.1. The van der Waals surface area contributed by atoms with Crippen LogP contribution in [0.2, 0.25) is 0 Å². The van der Waals surface area contributed by atoms with Gasteiger partial charge < -0.3 is 10.6 Å². The molecule has 110 valence electrons. The highest BCUT2D eigenvalue weighted by atomic mass is 19.1. The average molecular weight is 287 g/mol. The summed E-state index contributed by atoms with van der Waals surface area (Å²) in [6, 6.07) is 6.34. The van der Waals surface area contributed by atoms with Crippen LogP contribution in [0.15, 0.2) is 36.7 Å². The van der Waals surface area contributed by atoms with E-state index in [0.717, 1.165) is 37.7 Å². The van der Waals surface area contributed by atoms with Crippen molar-refractivity contribution in [2.45, 2.75) is 6.54 Å². The highest BCUT2D eigenvalue weighted by Gasteiger charge is 2.19. The number of nitrogen functional groups attached to an aromatic ring is 1. The van der Waals surface area contributed by atoms with Crippen LogP contribution in [0, 0.1) is 5.82 Å². The summed E-state index contributed by atoms with van der Waals surface area (Å²) in [6.45, 7) is 4.16. The molecule has 0 atom stereocenters. The molecular formula is C15H18FN5. The molecule has 1 fully saturated rings. The van der Waals surface area contributed by atoms with Gasteiger partial charge in [0.2, 0.25) is 5.95 Å². The molecule has 2 heterocycles. The molecule has 1 aromatic heterocycles. The number of aromatic nitrogens is 2. The Morgan fingerprint density at radius 2 is 1.81 bits per heavy atom. The standard InChI is InChI=1S/C15H18FN5/c16-13-2-3-14(17)12(10-13)11-20-6-8-21(9-7-20)15-18-4-1-5-19-15/h1-5,10H,6-9,11,17H2. The van der Waals surface area contributed by atoms with E-state index in [1.54, 1.807) is 18.5 Å². The SMILES string of the molecule is Nc1ccc(F)cc1CN1CCN(c2ncccn2)CC1. The molecule has 6 heteroatoms.